The molecule has 2 rings (SSSR count). The molecule has 0 amide bonds. The third kappa shape index (κ3) is 3.59. The standard InChI is InChI=1S/C13H10F4N2O/c14-10-3-9(5-19-6-10)8-1-2-11(18)12(4-8)20-7-13(15,16)17/h1-6H,7,18H2. The molecule has 0 aliphatic carbocycles. The number of nitrogen functional groups attached to an aromatic ring is 1. The Balaban J connectivity index is 2.29. The summed E-state index contributed by atoms with van der Waals surface area (Å²) < 4.78 is 54.1. The highest BCUT2D eigenvalue weighted by atomic mass is 19.4. The van der Waals surface area contributed by atoms with Gasteiger partial charge in [0.1, 0.15) is 11.6 Å². The quantitative estimate of drug-likeness (QED) is 0.694. The minimum atomic E-state index is -4.46. The molecule has 106 valence electrons. The number of alkyl halides is 3. The molecule has 0 spiro atoms. The number of aromatic nitrogens is 1. The number of nitrogens with zero attached hydrogens (tertiary/aromatic N) is 1. The van der Waals surface area contributed by atoms with Crippen LogP contribution in [0, 0.1) is 5.82 Å². The van der Waals surface area contributed by atoms with Gasteiger partial charge < -0.3 is 10.5 Å². The van der Waals surface area contributed by atoms with Crippen molar-refractivity contribution in [1.82, 2.24) is 4.98 Å². The second kappa shape index (κ2) is 5.36. The van der Waals surface area contributed by atoms with Crippen molar-refractivity contribution in [2.45, 2.75) is 6.18 Å². The van der Waals surface area contributed by atoms with Crippen LogP contribution in [0.5, 0.6) is 5.75 Å². The highest BCUT2D eigenvalue weighted by Crippen LogP contribution is 2.30. The summed E-state index contributed by atoms with van der Waals surface area (Å²) >= 11 is 0. The van der Waals surface area contributed by atoms with Crippen LogP contribution in [0.3, 0.4) is 0 Å². The number of benzene rings is 1. The zero-order valence-corrected chi connectivity index (χ0v) is 10.1. The van der Waals surface area contributed by atoms with E-state index >= 15 is 0 Å². The number of anilines is 1. The molecule has 1 aromatic carbocycles. The molecule has 0 saturated carbocycles. The molecular weight excluding hydrogens is 276 g/mol. The molecule has 0 unspecified atom stereocenters. The fourth-order valence-electron chi connectivity index (χ4n) is 1.57. The summed E-state index contributed by atoms with van der Waals surface area (Å²) in [6, 6.07) is 5.47. The summed E-state index contributed by atoms with van der Waals surface area (Å²) in [7, 11) is 0. The third-order valence-corrected chi connectivity index (χ3v) is 2.44. The van der Waals surface area contributed by atoms with Gasteiger partial charge in [0.25, 0.3) is 0 Å². The highest BCUT2D eigenvalue weighted by Gasteiger charge is 2.28. The Hall–Kier alpha value is -2.31. The molecule has 7 heteroatoms. The van der Waals surface area contributed by atoms with E-state index in [1.807, 2.05) is 0 Å². The van der Waals surface area contributed by atoms with Crippen LogP contribution in [-0.4, -0.2) is 17.8 Å². The summed E-state index contributed by atoms with van der Waals surface area (Å²) in [5.41, 5.74) is 6.50. The second-order valence-electron chi connectivity index (χ2n) is 4.05. The summed E-state index contributed by atoms with van der Waals surface area (Å²) in [6.07, 6.45) is -2.03. The van der Waals surface area contributed by atoms with Gasteiger partial charge in [-0.2, -0.15) is 13.2 Å². The minimum absolute atomic E-state index is 0.0716. The van der Waals surface area contributed by atoms with E-state index in [-0.39, 0.29) is 11.4 Å². The van der Waals surface area contributed by atoms with Gasteiger partial charge in [0.05, 0.1) is 11.9 Å². The number of rotatable bonds is 3. The lowest BCUT2D eigenvalue weighted by Crippen LogP contribution is -2.19. The number of hydrogen-bond donors (Lipinski definition) is 1. The molecule has 2 N–H and O–H groups in total. The van der Waals surface area contributed by atoms with E-state index in [2.05, 4.69) is 9.72 Å². The molecule has 0 atom stereocenters. The molecule has 0 aliphatic rings. The molecular formula is C13H10F4N2O. The van der Waals surface area contributed by atoms with Crippen LogP contribution in [0.15, 0.2) is 36.7 Å². The average molecular weight is 286 g/mol. The fraction of sp³-hybridized carbons (Fsp3) is 0.154. The number of ether oxygens (including phenoxy) is 1. The molecule has 1 heterocycles. The van der Waals surface area contributed by atoms with Gasteiger partial charge in [-0.05, 0) is 23.8 Å². The van der Waals surface area contributed by atoms with Gasteiger partial charge in [-0.3, -0.25) is 4.98 Å². The molecule has 3 nitrogen and oxygen atoms in total. The monoisotopic (exact) mass is 286 g/mol. The highest BCUT2D eigenvalue weighted by molar-refractivity contribution is 5.69. The maximum atomic E-state index is 13.1. The Morgan fingerprint density at radius 3 is 2.50 bits per heavy atom. The van der Waals surface area contributed by atoms with Crippen molar-refractivity contribution in [2.24, 2.45) is 0 Å². The lowest BCUT2D eigenvalue weighted by molar-refractivity contribution is -0.153. The summed E-state index contributed by atoms with van der Waals surface area (Å²) in [5.74, 6) is -0.652. The van der Waals surface area contributed by atoms with Crippen LogP contribution in [0.25, 0.3) is 11.1 Å². The first kappa shape index (κ1) is 14.1. The molecule has 0 radical (unpaired) electrons. The minimum Gasteiger partial charge on any atom is -0.482 e. The predicted octanol–water partition coefficient (Wildman–Crippen LogP) is 3.41. The predicted molar refractivity (Wildman–Crippen MR) is 65.6 cm³/mol. The first-order valence-corrected chi connectivity index (χ1v) is 5.55. The molecule has 20 heavy (non-hydrogen) atoms. The van der Waals surface area contributed by atoms with Crippen LogP contribution >= 0.6 is 0 Å². The third-order valence-electron chi connectivity index (χ3n) is 2.44. The van der Waals surface area contributed by atoms with Crippen LogP contribution in [-0.2, 0) is 0 Å². The largest absolute Gasteiger partial charge is 0.482 e. The van der Waals surface area contributed by atoms with Crippen molar-refractivity contribution in [3.8, 4) is 16.9 Å². The Morgan fingerprint density at radius 2 is 1.85 bits per heavy atom. The van der Waals surface area contributed by atoms with Crippen molar-refractivity contribution in [1.29, 1.82) is 0 Å². The number of nitrogens with two attached hydrogens (primary N) is 1. The van der Waals surface area contributed by atoms with Crippen LogP contribution in [0.2, 0.25) is 0 Å². The fourth-order valence-corrected chi connectivity index (χ4v) is 1.57. The van der Waals surface area contributed by atoms with Gasteiger partial charge in [0.2, 0.25) is 0 Å². The van der Waals surface area contributed by atoms with E-state index in [0.717, 1.165) is 6.20 Å². The maximum Gasteiger partial charge on any atom is 0.422 e. The van der Waals surface area contributed by atoms with Crippen molar-refractivity contribution >= 4 is 5.69 Å². The number of hydrogen-bond acceptors (Lipinski definition) is 3. The van der Waals surface area contributed by atoms with E-state index in [4.69, 9.17) is 5.73 Å². The first-order valence-electron chi connectivity index (χ1n) is 5.55. The molecule has 2 aromatic rings. The van der Waals surface area contributed by atoms with Crippen molar-refractivity contribution in [3.63, 3.8) is 0 Å². The van der Waals surface area contributed by atoms with Crippen molar-refractivity contribution in [2.75, 3.05) is 12.3 Å². The Kier molecular flexibility index (Phi) is 3.78. The van der Waals surface area contributed by atoms with Gasteiger partial charge >= 0.3 is 6.18 Å². The van der Waals surface area contributed by atoms with E-state index < -0.39 is 18.6 Å². The topological polar surface area (TPSA) is 48.1 Å². The summed E-state index contributed by atoms with van der Waals surface area (Å²) in [6.45, 7) is -1.44. The van der Waals surface area contributed by atoms with Crippen molar-refractivity contribution in [3.05, 3.63) is 42.5 Å². The SMILES string of the molecule is Nc1ccc(-c2cncc(F)c2)cc1OCC(F)(F)F. The summed E-state index contributed by atoms with van der Waals surface area (Å²) in [4.78, 5) is 3.67. The molecule has 0 aliphatic heterocycles. The van der Waals surface area contributed by atoms with Gasteiger partial charge in [-0.15, -0.1) is 0 Å². The van der Waals surface area contributed by atoms with Gasteiger partial charge in [0, 0.05) is 11.8 Å². The number of pyridine rings is 1. The van der Waals surface area contributed by atoms with Crippen molar-refractivity contribution < 1.29 is 22.3 Å². The zero-order chi connectivity index (χ0) is 14.8. The van der Waals surface area contributed by atoms with E-state index in [9.17, 15) is 17.6 Å². The first-order chi connectivity index (χ1) is 9.35. The lowest BCUT2D eigenvalue weighted by Gasteiger charge is -2.12. The van der Waals surface area contributed by atoms with E-state index in [0.29, 0.717) is 11.1 Å². The van der Waals surface area contributed by atoms with Crippen LogP contribution in [0.1, 0.15) is 0 Å². The van der Waals surface area contributed by atoms with Crippen LogP contribution < -0.4 is 10.5 Å². The van der Waals surface area contributed by atoms with Gasteiger partial charge in [0.15, 0.2) is 6.61 Å². The molecule has 0 bridgehead atoms. The maximum absolute atomic E-state index is 13.1. The average Bonchev–Trinajstić information content (AvgIpc) is 2.37. The molecule has 0 fully saturated rings. The van der Waals surface area contributed by atoms with E-state index in [1.54, 1.807) is 6.07 Å². The number of halogens is 4. The van der Waals surface area contributed by atoms with Gasteiger partial charge in [-0.1, -0.05) is 6.07 Å². The van der Waals surface area contributed by atoms with Gasteiger partial charge in [-0.25, -0.2) is 4.39 Å². The smallest absolute Gasteiger partial charge is 0.422 e. The Morgan fingerprint density at radius 1 is 1.10 bits per heavy atom. The Bertz CT molecular complexity index is 614. The van der Waals surface area contributed by atoms with Crippen LogP contribution in [0.4, 0.5) is 23.2 Å². The zero-order valence-electron chi connectivity index (χ0n) is 10.1. The second-order valence-corrected chi connectivity index (χ2v) is 4.05. The lowest BCUT2D eigenvalue weighted by atomic mass is 10.1. The summed E-state index contributed by atoms with van der Waals surface area (Å²) in [5, 5.41) is 0. The van der Waals surface area contributed by atoms with E-state index in [1.165, 1.54) is 24.4 Å². The normalized spacial score (nSPS) is 11.4. The molecule has 0 saturated heterocycles. The molecule has 1 aromatic heterocycles. The Labute approximate surface area is 112 Å².